The molecule has 0 aliphatic carbocycles. The van der Waals surface area contributed by atoms with Crippen LogP contribution in [-0.2, 0) is 0 Å². The normalized spacial score (nSPS) is 11.3. The van der Waals surface area contributed by atoms with E-state index < -0.39 is 0 Å². The molecule has 0 bridgehead atoms. The minimum absolute atomic E-state index is 0.586. The molecule has 0 aliphatic heterocycles. The van der Waals surface area contributed by atoms with Crippen molar-refractivity contribution in [3.8, 4) is 95.5 Å². The first-order valence-electron chi connectivity index (χ1n) is 23.5. The lowest BCUT2D eigenvalue weighted by atomic mass is 9.92. The van der Waals surface area contributed by atoms with E-state index in [0.29, 0.717) is 17.5 Å². The molecule has 0 spiro atoms. The first-order chi connectivity index (χ1) is 34.0. The van der Waals surface area contributed by atoms with Crippen LogP contribution < -0.4 is 0 Å². The SMILES string of the molecule is Cc1ccc2c(c1)c1cc(C)ccc1n2-c1c(-c2ccccc2)cc(-c2nc(-c3ccc(-c4ccccc4)cc3)nc(-c3cc(-c4ccccc4)cc(-c4ccccc4)c3)n2)cc1-c1ccccc1. The van der Waals surface area contributed by atoms with Gasteiger partial charge in [-0.1, -0.05) is 199 Å². The van der Waals surface area contributed by atoms with Gasteiger partial charge in [-0.15, -0.1) is 0 Å². The largest absolute Gasteiger partial charge is 0.308 e. The Balaban J connectivity index is 1.15. The van der Waals surface area contributed by atoms with E-state index in [-0.39, 0.29) is 0 Å². The fourth-order valence-electron chi connectivity index (χ4n) is 9.73. The summed E-state index contributed by atoms with van der Waals surface area (Å²) in [5.41, 5.74) is 19.6. The van der Waals surface area contributed by atoms with E-state index in [2.05, 4.69) is 255 Å². The van der Waals surface area contributed by atoms with E-state index in [9.17, 15) is 0 Å². The van der Waals surface area contributed by atoms with Gasteiger partial charge in [0.15, 0.2) is 17.5 Å². The Labute approximate surface area is 402 Å². The molecule has 12 aromatic rings. The quantitative estimate of drug-likeness (QED) is 0.145. The van der Waals surface area contributed by atoms with Crippen LogP contribution in [0.3, 0.4) is 0 Å². The second kappa shape index (κ2) is 17.7. The van der Waals surface area contributed by atoms with Crippen molar-refractivity contribution < 1.29 is 0 Å². The molecule has 0 aliphatic rings. The Kier molecular flexibility index (Phi) is 10.6. The maximum atomic E-state index is 5.49. The zero-order valence-corrected chi connectivity index (χ0v) is 38.4. The molecule has 69 heavy (non-hydrogen) atoms. The van der Waals surface area contributed by atoms with Crippen LogP contribution in [0, 0.1) is 13.8 Å². The molecule has 2 heterocycles. The molecule has 0 unspecified atom stereocenters. The monoisotopic (exact) mass is 882 g/mol. The van der Waals surface area contributed by atoms with Crippen molar-refractivity contribution >= 4 is 21.8 Å². The zero-order valence-electron chi connectivity index (χ0n) is 38.4. The molecule has 326 valence electrons. The molecule has 4 nitrogen and oxygen atoms in total. The third-order valence-electron chi connectivity index (χ3n) is 13.1. The molecule has 0 amide bonds. The van der Waals surface area contributed by atoms with Gasteiger partial charge in [0, 0.05) is 38.6 Å². The van der Waals surface area contributed by atoms with Gasteiger partial charge in [-0.05, 0) is 113 Å². The topological polar surface area (TPSA) is 43.6 Å². The van der Waals surface area contributed by atoms with Crippen molar-refractivity contribution in [1.82, 2.24) is 19.5 Å². The highest BCUT2D eigenvalue weighted by Gasteiger charge is 2.24. The van der Waals surface area contributed by atoms with Crippen molar-refractivity contribution in [3.63, 3.8) is 0 Å². The summed E-state index contributed by atoms with van der Waals surface area (Å²) in [6.07, 6.45) is 0. The Morgan fingerprint density at radius 1 is 0.261 bits per heavy atom. The third-order valence-corrected chi connectivity index (χ3v) is 13.1. The van der Waals surface area contributed by atoms with Crippen LogP contribution in [0.25, 0.3) is 117 Å². The van der Waals surface area contributed by atoms with Gasteiger partial charge in [0.25, 0.3) is 0 Å². The number of hydrogen-bond acceptors (Lipinski definition) is 3. The number of fused-ring (bicyclic) bond motifs is 3. The molecule has 2 aromatic heterocycles. The Hall–Kier alpha value is -8.99. The maximum Gasteiger partial charge on any atom is 0.164 e. The van der Waals surface area contributed by atoms with Crippen LogP contribution in [0.1, 0.15) is 11.1 Å². The van der Waals surface area contributed by atoms with E-state index >= 15 is 0 Å². The predicted molar refractivity (Wildman–Crippen MR) is 287 cm³/mol. The van der Waals surface area contributed by atoms with E-state index in [1.165, 1.54) is 21.9 Å². The number of benzene rings is 10. The number of rotatable bonds is 9. The fraction of sp³-hybridized carbons (Fsp3) is 0.0308. The van der Waals surface area contributed by atoms with E-state index in [1.54, 1.807) is 0 Å². The summed E-state index contributed by atoms with van der Waals surface area (Å²) in [5.74, 6) is 1.78. The highest BCUT2D eigenvalue weighted by atomic mass is 15.0. The van der Waals surface area contributed by atoms with Gasteiger partial charge < -0.3 is 4.57 Å². The number of aryl methyl sites for hydroxylation is 2. The summed E-state index contributed by atoms with van der Waals surface area (Å²) < 4.78 is 2.47. The number of aromatic nitrogens is 4. The van der Waals surface area contributed by atoms with Gasteiger partial charge in [-0.3, -0.25) is 0 Å². The molecular weight excluding hydrogens is 837 g/mol. The molecule has 0 saturated heterocycles. The highest BCUT2D eigenvalue weighted by Crippen LogP contribution is 2.44. The van der Waals surface area contributed by atoms with Crippen LogP contribution in [0.5, 0.6) is 0 Å². The smallest absolute Gasteiger partial charge is 0.164 e. The fourth-order valence-corrected chi connectivity index (χ4v) is 9.73. The highest BCUT2D eigenvalue weighted by molar-refractivity contribution is 6.11. The minimum Gasteiger partial charge on any atom is -0.308 e. The summed E-state index contributed by atoms with van der Waals surface area (Å²) in [5, 5.41) is 2.46. The van der Waals surface area contributed by atoms with Crippen molar-refractivity contribution in [3.05, 3.63) is 254 Å². The summed E-state index contributed by atoms with van der Waals surface area (Å²) >= 11 is 0. The van der Waals surface area contributed by atoms with Crippen molar-refractivity contribution in [2.24, 2.45) is 0 Å². The lowest BCUT2D eigenvalue weighted by Crippen LogP contribution is -2.04. The molecule has 0 fully saturated rings. The number of hydrogen-bond donors (Lipinski definition) is 0. The van der Waals surface area contributed by atoms with Crippen molar-refractivity contribution in [1.29, 1.82) is 0 Å². The van der Waals surface area contributed by atoms with Gasteiger partial charge in [0.05, 0.1) is 16.7 Å². The molecule has 0 N–H and O–H groups in total. The lowest BCUT2D eigenvalue weighted by Gasteiger charge is -2.21. The summed E-state index contributed by atoms with van der Waals surface area (Å²) in [6.45, 7) is 4.35. The number of nitrogens with zero attached hydrogens (tertiary/aromatic N) is 4. The van der Waals surface area contributed by atoms with Crippen LogP contribution >= 0.6 is 0 Å². The van der Waals surface area contributed by atoms with Gasteiger partial charge in [-0.2, -0.15) is 0 Å². The molecular formula is C65H46N4. The van der Waals surface area contributed by atoms with E-state index in [4.69, 9.17) is 15.0 Å². The Morgan fingerprint density at radius 3 is 1.00 bits per heavy atom. The first kappa shape index (κ1) is 41.4. The predicted octanol–water partition coefficient (Wildman–Crippen LogP) is 16.9. The second-order valence-corrected chi connectivity index (χ2v) is 17.8. The average molecular weight is 883 g/mol. The second-order valence-electron chi connectivity index (χ2n) is 17.8. The van der Waals surface area contributed by atoms with Crippen molar-refractivity contribution in [2.75, 3.05) is 0 Å². The van der Waals surface area contributed by atoms with E-state index in [0.717, 1.165) is 89.0 Å². The van der Waals surface area contributed by atoms with Crippen LogP contribution in [0.4, 0.5) is 0 Å². The Bertz CT molecular complexity index is 3630. The molecule has 4 heteroatoms. The average Bonchev–Trinajstić information content (AvgIpc) is 3.73. The molecule has 0 atom stereocenters. The molecule has 0 saturated carbocycles. The van der Waals surface area contributed by atoms with Gasteiger partial charge in [0.2, 0.25) is 0 Å². The summed E-state index contributed by atoms with van der Waals surface area (Å²) in [4.78, 5) is 16.2. The van der Waals surface area contributed by atoms with Gasteiger partial charge in [-0.25, -0.2) is 15.0 Å². The van der Waals surface area contributed by atoms with Gasteiger partial charge >= 0.3 is 0 Å². The third kappa shape index (κ3) is 7.98. The van der Waals surface area contributed by atoms with Crippen LogP contribution in [0.2, 0.25) is 0 Å². The Morgan fingerprint density at radius 2 is 0.580 bits per heavy atom. The van der Waals surface area contributed by atoms with E-state index in [1.807, 2.05) is 6.07 Å². The molecule has 0 radical (unpaired) electrons. The molecule has 10 aromatic carbocycles. The zero-order chi connectivity index (χ0) is 46.3. The summed E-state index contributed by atoms with van der Waals surface area (Å²) in [7, 11) is 0. The lowest BCUT2D eigenvalue weighted by molar-refractivity contribution is 1.07. The standard InChI is InChI=1S/C65H46N4/c1-43-28-34-60-58(36-43)59-37-44(2)29-35-61(59)69(60)62-56(49-24-14-6-15-25-49)41-55(42-57(62)50-26-16-7-17-27-50)65-67-63(51-32-30-48(31-33-51)45-18-8-3-9-19-45)66-64(68-65)54-39-52(46-20-10-4-11-21-46)38-53(40-54)47-22-12-5-13-23-47/h3-42H,1-2H3. The van der Waals surface area contributed by atoms with Gasteiger partial charge in [0.1, 0.15) is 0 Å². The van der Waals surface area contributed by atoms with Crippen LogP contribution in [0.15, 0.2) is 243 Å². The maximum absolute atomic E-state index is 5.49. The summed E-state index contributed by atoms with van der Waals surface area (Å²) in [6, 6.07) is 86.5. The minimum atomic E-state index is 0.586. The first-order valence-corrected chi connectivity index (χ1v) is 23.5. The molecule has 12 rings (SSSR count). The van der Waals surface area contributed by atoms with Crippen molar-refractivity contribution in [2.45, 2.75) is 13.8 Å². The van der Waals surface area contributed by atoms with Crippen LogP contribution in [-0.4, -0.2) is 19.5 Å².